The number of aromatic nitrogens is 1. The predicted molar refractivity (Wildman–Crippen MR) is 112 cm³/mol. The number of aromatic amines is 1. The molecule has 27 heavy (non-hydrogen) atoms. The van der Waals surface area contributed by atoms with Crippen LogP contribution in [0, 0.1) is 0 Å². The number of fused-ring (bicyclic) bond motifs is 1. The molecule has 4 nitrogen and oxygen atoms in total. The maximum atomic E-state index is 11.8. The lowest BCUT2D eigenvalue weighted by atomic mass is 10.0. The van der Waals surface area contributed by atoms with Crippen LogP contribution < -0.4 is 11.3 Å². The second kappa shape index (κ2) is 9.26. The van der Waals surface area contributed by atoms with Crippen molar-refractivity contribution in [1.82, 2.24) is 4.98 Å². The van der Waals surface area contributed by atoms with E-state index in [9.17, 15) is 9.90 Å². The van der Waals surface area contributed by atoms with E-state index in [1.807, 2.05) is 24.3 Å². The van der Waals surface area contributed by atoms with Crippen LogP contribution in [0.5, 0.6) is 5.75 Å². The highest BCUT2D eigenvalue weighted by atomic mass is 16.3. The lowest BCUT2D eigenvalue weighted by molar-refractivity contribution is 0.477. The smallest absolute Gasteiger partial charge is 0.248 e. The van der Waals surface area contributed by atoms with E-state index in [1.165, 1.54) is 25.7 Å². The Kier molecular flexibility index (Phi) is 6.53. The number of benzene rings is 2. The molecule has 0 aliphatic carbocycles. The number of hydrogen-bond acceptors (Lipinski definition) is 3. The number of phenolic OH excluding ortho intramolecular Hbond substituents is 1. The van der Waals surface area contributed by atoms with Crippen molar-refractivity contribution in [1.29, 1.82) is 0 Å². The number of rotatable bonds is 9. The summed E-state index contributed by atoms with van der Waals surface area (Å²) in [5.74, 6) is 0.180. The van der Waals surface area contributed by atoms with Gasteiger partial charge in [0, 0.05) is 17.0 Å². The van der Waals surface area contributed by atoms with Crippen LogP contribution in [0.25, 0.3) is 10.9 Å². The van der Waals surface area contributed by atoms with Gasteiger partial charge in [-0.25, -0.2) is 0 Å². The number of aromatic hydroxyl groups is 1. The van der Waals surface area contributed by atoms with Gasteiger partial charge in [0.1, 0.15) is 5.75 Å². The lowest BCUT2D eigenvalue weighted by Crippen LogP contribution is -2.06. The van der Waals surface area contributed by atoms with Gasteiger partial charge in [0.25, 0.3) is 0 Å². The van der Waals surface area contributed by atoms with E-state index in [-0.39, 0.29) is 11.3 Å². The number of aryl methyl sites for hydroxylation is 2. The van der Waals surface area contributed by atoms with Gasteiger partial charge >= 0.3 is 0 Å². The first-order valence-corrected chi connectivity index (χ1v) is 9.82. The van der Waals surface area contributed by atoms with Gasteiger partial charge < -0.3 is 15.8 Å². The first-order valence-electron chi connectivity index (χ1n) is 9.82. The molecular formula is C23H28N2O2. The number of H-pyrrole nitrogens is 1. The molecule has 0 aliphatic rings. The Bertz CT molecular complexity index is 947. The van der Waals surface area contributed by atoms with Crippen LogP contribution in [0.1, 0.15) is 49.7 Å². The summed E-state index contributed by atoms with van der Waals surface area (Å²) in [4.78, 5) is 14.7. The minimum absolute atomic E-state index is 0.0163. The summed E-state index contributed by atoms with van der Waals surface area (Å²) in [5.41, 5.74) is 9.26. The van der Waals surface area contributed by atoms with Crippen molar-refractivity contribution in [2.24, 2.45) is 0 Å². The summed E-state index contributed by atoms with van der Waals surface area (Å²) in [6.45, 7) is 0. The molecule has 0 saturated heterocycles. The number of unbranched alkanes of at least 4 members (excludes halogenated alkanes) is 5. The van der Waals surface area contributed by atoms with E-state index >= 15 is 0 Å². The van der Waals surface area contributed by atoms with E-state index in [1.54, 1.807) is 18.2 Å². The number of para-hydroxylation sites is 1. The Morgan fingerprint density at radius 1 is 0.852 bits per heavy atom. The van der Waals surface area contributed by atoms with Crippen molar-refractivity contribution in [3.63, 3.8) is 0 Å². The van der Waals surface area contributed by atoms with E-state index in [0.717, 1.165) is 47.7 Å². The first kappa shape index (κ1) is 19.0. The normalized spacial score (nSPS) is 11.1. The van der Waals surface area contributed by atoms with Gasteiger partial charge in [-0.15, -0.1) is 0 Å². The van der Waals surface area contributed by atoms with Gasteiger partial charge in [-0.2, -0.15) is 0 Å². The third-order valence-electron chi connectivity index (χ3n) is 5.09. The Morgan fingerprint density at radius 3 is 2.33 bits per heavy atom. The van der Waals surface area contributed by atoms with Gasteiger partial charge in [-0.05, 0) is 55.0 Å². The van der Waals surface area contributed by atoms with E-state index in [2.05, 4.69) is 11.1 Å². The van der Waals surface area contributed by atoms with Crippen molar-refractivity contribution in [3.05, 3.63) is 70.0 Å². The number of nitrogen functional groups attached to an aromatic ring is 1. The highest BCUT2D eigenvalue weighted by molar-refractivity contribution is 5.81. The molecule has 0 fully saturated rings. The minimum Gasteiger partial charge on any atom is -0.506 e. The maximum absolute atomic E-state index is 11.8. The zero-order chi connectivity index (χ0) is 19.1. The molecule has 4 heteroatoms. The molecular weight excluding hydrogens is 336 g/mol. The lowest BCUT2D eigenvalue weighted by Gasteiger charge is -2.07. The molecule has 0 amide bonds. The van der Waals surface area contributed by atoms with E-state index in [0.29, 0.717) is 5.69 Å². The highest BCUT2D eigenvalue weighted by Gasteiger charge is 2.03. The van der Waals surface area contributed by atoms with E-state index < -0.39 is 0 Å². The van der Waals surface area contributed by atoms with Crippen LogP contribution in [-0.2, 0) is 12.8 Å². The van der Waals surface area contributed by atoms with Crippen LogP contribution >= 0.6 is 0 Å². The van der Waals surface area contributed by atoms with Crippen molar-refractivity contribution < 1.29 is 5.11 Å². The molecule has 0 radical (unpaired) electrons. The third kappa shape index (κ3) is 5.36. The number of anilines is 1. The van der Waals surface area contributed by atoms with Gasteiger partial charge in [0.05, 0.1) is 5.69 Å². The topological polar surface area (TPSA) is 79.1 Å². The Labute approximate surface area is 160 Å². The monoisotopic (exact) mass is 364 g/mol. The van der Waals surface area contributed by atoms with Crippen molar-refractivity contribution in [3.8, 4) is 5.75 Å². The molecule has 0 bridgehead atoms. The molecule has 3 aromatic rings. The van der Waals surface area contributed by atoms with Crippen LogP contribution in [0.3, 0.4) is 0 Å². The highest BCUT2D eigenvalue weighted by Crippen LogP contribution is 2.22. The van der Waals surface area contributed by atoms with Gasteiger partial charge in [-0.3, -0.25) is 4.79 Å². The molecule has 1 aromatic heterocycles. The second-order valence-corrected chi connectivity index (χ2v) is 7.22. The molecule has 0 atom stereocenters. The number of hydrogen-bond donors (Lipinski definition) is 3. The summed E-state index contributed by atoms with van der Waals surface area (Å²) in [5, 5.41) is 10.8. The fourth-order valence-electron chi connectivity index (χ4n) is 3.58. The molecule has 0 unspecified atom stereocenters. The van der Waals surface area contributed by atoms with E-state index in [4.69, 9.17) is 5.73 Å². The van der Waals surface area contributed by atoms with Crippen molar-refractivity contribution in [2.45, 2.75) is 51.4 Å². The predicted octanol–water partition coefficient (Wildman–Crippen LogP) is 4.94. The molecule has 142 valence electrons. The summed E-state index contributed by atoms with van der Waals surface area (Å²) in [6.07, 6.45) is 8.98. The van der Waals surface area contributed by atoms with Crippen LogP contribution in [0.4, 0.5) is 5.69 Å². The van der Waals surface area contributed by atoms with Gasteiger partial charge in [0.2, 0.25) is 5.56 Å². The Hall–Kier alpha value is -2.75. The largest absolute Gasteiger partial charge is 0.506 e. The zero-order valence-electron chi connectivity index (χ0n) is 15.7. The molecule has 1 heterocycles. The SMILES string of the molecule is Nc1ccc(CCCCCCCCc2cc(=O)[nH]c3ccccc23)cc1O. The molecule has 0 saturated carbocycles. The molecule has 2 aromatic carbocycles. The summed E-state index contributed by atoms with van der Waals surface area (Å²) >= 11 is 0. The fourth-order valence-corrected chi connectivity index (χ4v) is 3.58. The van der Waals surface area contributed by atoms with Crippen LogP contribution in [0.15, 0.2) is 53.3 Å². The Balaban J connectivity index is 1.35. The van der Waals surface area contributed by atoms with Crippen LogP contribution in [0.2, 0.25) is 0 Å². The second-order valence-electron chi connectivity index (χ2n) is 7.22. The number of pyridine rings is 1. The van der Waals surface area contributed by atoms with Crippen molar-refractivity contribution in [2.75, 3.05) is 5.73 Å². The van der Waals surface area contributed by atoms with Gasteiger partial charge in [0.15, 0.2) is 0 Å². The molecule has 0 aliphatic heterocycles. The van der Waals surface area contributed by atoms with Gasteiger partial charge in [-0.1, -0.05) is 49.9 Å². The summed E-state index contributed by atoms with van der Waals surface area (Å²) in [7, 11) is 0. The average molecular weight is 364 g/mol. The molecule has 4 N–H and O–H groups in total. The average Bonchev–Trinajstić information content (AvgIpc) is 2.66. The summed E-state index contributed by atoms with van der Waals surface area (Å²) in [6, 6.07) is 15.3. The number of nitrogens with two attached hydrogens (primary N) is 1. The number of phenols is 1. The maximum Gasteiger partial charge on any atom is 0.248 e. The molecule has 3 rings (SSSR count). The molecule has 0 spiro atoms. The third-order valence-corrected chi connectivity index (χ3v) is 5.09. The quantitative estimate of drug-likeness (QED) is 0.286. The van der Waals surface area contributed by atoms with Crippen molar-refractivity contribution >= 4 is 16.6 Å². The number of nitrogens with one attached hydrogen (secondary N) is 1. The standard InChI is InChI=1S/C23H28N2O2/c24-20-14-13-17(15-22(20)26)9-5-3-1-2-4-6-10-18-16-23(27)25-21-12-8-7-11-19(18)21/h7-8,11-16,26H,1-6,9-10,24H2,(H,25,27). The summed E-state index contributed by atoms with van der Waals surface area (Å²) < 4.78 is 0. The zero-order valence-corrected chi connectivity index (χ0v) is 15.7. The Morgan fingerprint density at radius 2 is 1.56 bits per heavy atom. The minimum atomic E-state index is -0.0163. The first-order chi connectivity index (χ1) is 13.1. The fraction of sp³-hybridized carbons (Fsp3) is 0.348. The van der Waals surface area contributed by atoms with Crippen LogP contribution in [-0.4, -0.2) is 10.1 Å².